The van der Waals surface area contributed by atoms with Crippen molar-refractivity contribution in [1.29, 1.82) is 0 Å². The fraction of sp³-hybridized carbons (Fsp3) is 0.600. The van der Waals surface area contributed by atoms with E-state index in [0.717, 1.165) is 25.7 Å². The molecule has 1 aromatic rings. The number of ether oxygens (including phenoxy) is 1. The van der Waals surface area contributed by atoms with Crippen LogP contribution in [0.1, 0.15) is 32.1 Å². The van der Waals surface area contributed by atoms with Crippen LogP contribution in [0.5, 0.6) is 5.88 Å². The molecule has 7 heteroatoms. The van der Waals surface area contributed by atoms with Gasteiger partial charge in [-0.2, -0.15) is 9.97 Å². The molecular weight excluding hydrogens is 222 g/mol. The second kappa shape index (κ2) is 4.94. The van der Waals surface area contributed by atoms with Crippen molar-refractivity contribution in [2.75, 3.05) is 11.5 Å². The predicted molar refractivity (Wildman–Crippen MR) is 63.8 cm³/mol. The van der Waals surface area contributed by atoms with Crippen LogP contribution in [-0.2, 0) is 0 Å². The monoisotopic (exact) mass is 237 g/mol. The minimum Gasteiger partial charge on any atom is -0.473 e. The number of hydrogen-bond acceptors (Lipinski definition) is 7. The molecule has 1 aromatic heterocycles. The zero-order valence-corrected chi connectivity index (χ0v) is 9.43. The minimum absolute atomic E-state index is 0.0132. The predicted octanol–water partition coefficient (Wildman–Crippen LogP) is 1.75. The number of nitrogen functional groups attached to an aromatic ring is 2. The van der Waals surface area contributed by atoms with E-state index in [2.05, 4.69) is 15.1 Å². The van der Waals surface area contributed by atoms with E-state index in [1.807, 2.05) is 0 Å². The highest BCUT2D eigenvalue weighted by Crippen LogP contribution is 2.33. The van der Waals surface area contributed by atoms with Gasteiger partial charge in [0.15, 0.2) is 5.82 Å². The summed E-state index contributed by atoms with van der Waals surface area (Å²) in [5.74, 6) is 0.0379. The lowest BCUT2D eigenvalue weighted by Gasteiger charge is -2.22. The van der Waals surface area contributed by atoms with E-state index in [9.17, 15) is 4.91 Å². The van der Waals surface area contributed by atoms with Crippen molar-refractivity contribution in [3.63, 3.8) is 0 Å². The van der Waals surface area contributed by atoms with Crippen LogP contribution >= 0.6 is 0 Å². The molecule has 0 aliphatic heterocycles. The third-order valence-electron chi connectivity index (χ3n) is 2.82. The van der Waals surface area contributed by atoms with E-state index in [1.54, 1.807) is 0 Å². The largest absolute Gasteiger partial charge is 0.473 e. The van der Waals surface area contributed by atoms with Gasteiger partial charge in [0.25, 0.3) is 5.88 Å². The van der Waals surface area contributed by atoms with Gasteiger partial charge in [-0.05, 0) is 30.9 Å². The molecule has 92 valence electrons. The second-order valence-corrected chi connectivity index (χ2v) is 4.09. The Hall–Kier alpha value is -1.92. The first-order chi connectivity index (χ1) is 8.20. The van der Waals surface area contributed by atoms with Gasteiger partial charge in [-0.25, -0.2) is 0 Å². The van der Waals surface area contributed by atoms with Crippen LogP contribution in [0.15, 0.2) is 5.18 Å². The Morgan fingerprint density at radius 1 is 1.18 bits per heavy atom. The Bertz CT molecular complexity index is 417. The van der Waals surface area contributed by atoms with Crippen LogP contribution < -0.4 is 16.2 Å². The van der Waals surface area contributed by atoms with Crippen molar-refractivity contribution < 1.29 is 4.74 Å². The summed E-state index contributed by atoms with van der Waals surface area (Å²) in [6.45, 7) is 0. The molecular formula is C10H15N5O2. The maximum absolute atomic E-state index is 10.7. The smallest absolute Gasteiger partial charge is 0.251 e. The molecule has 0 unspecified atom stereocenters. The molecule has 0 radical (unpaired) electrons. The Balaban J connectivity index is 2.21. The highest BCUT2D eigenvalue weighted by molar-refractivity contribution is 5.65. The van der Waals surface area contributed by atoms with Gasteiger partial charge in [0.1, 0.15) is 6.10 Å². The molecule has 1 heterocycles. The molecule has 7 nitrogen and oxygen atoms in total. The van der Waals surface area contributed by atoms with Gasteiger partial charge in [-0.1, -0.05) is 6.42 Å². The van der Waals surface area contributed by atoms with E-state index in [1.165, 1.54) is 6.42 Å². The molecule has 1 fully saturated rings. The van der Waals surface area contributed by atoms with E-state index in [-0.39, 0.29) is 29.4 Å². The Labute approximate surface area is 98.5 Å². The van der Waals surface area contributed by atoms with Crippen molar-refractivity contribution in [1.82, 2.24) is 9.97 Å². The molecule has 1 aliphatic carbocycles. The van der Waals surface area contributed by atoms with Crippen LogP contribution in [0.25, 0.3) is 0 Å². The average Bonchev–Trinajstić information content (AvgIpc) is 2.30. The summed E-state index contributed by atoms with van der Waals surface area (Å²) in [5.41, 5.74) is 10.9. The third-order valence-corrected chi connectivity index (χ3v) is 2.82. The average molecular weight is 237 g/mol. The van der Waals surface area contributed by atoms with Crippen LogP contribution in [0.3, 0.4) is 0 Å². The summed E-state index contributed by atoms with van der Waals surface area (Å²) < 4.78 is 5.63. The molecule has 17 heavy (non-hydrogen) atoms. The van der Waals surface area contributed by atoms with Crippen molar-refractivity contribution in [2.45, 2.75) is 38.2 Å². The Morgan fingerprint density at radius 3 is 2.53 bits per heavy atom. The third kappa shape index (κ3) is 2.61. The van der Waals surface area contributed by atoms with Gasteiger partial charge in [-0.3, -0.25) is 0 Å². The number of nitrogens with zero attached hydrogens (tertiary/aromatic N) is 3. The summed E-state index contributed by atoms with van der Waals surface area (Å²) in [6, 6.07) is 0. The topological polar surface area (TPSA) is 116 Å². The SMILES string of the molecule is Nc1nc(N)c(N=O)c(OC2CCCCC2)n1. The van der Waals surface area contributed by atoms with Gasteiger partial charge in [0.05, 0.1) is 0 Å². The highest BCUT2D eigenvalue weighted by Gasteiger charge is 2.20. The van der Waals surface area contributed by atoms with E-state index in [4.69, 9.17) is 16.2 Å². The van der Waals surface area contributed by atoms with Gasteiger partial charge < -0.3 is 16.2 Å². The first kappa shape index (κ1) is 11.6. The first-order valence-corrected chi connectivity index (χ1v) is 5.63. The van der Waals surface area contributed by atoms with E-state index >= 15 is 0 Å². The molecule has 0 spiro atoms. The van der Waals surface area contributed by atoms with Crippen LogP contribution in [-0.4, -0.2) is 16.1 Å². The van der Waals surface area contributed by atoms with Crippen molar-refractivity contribution in [3.8, 4) is 5.88 Å². The number of rotatable bonds is 3. The molecule has 4 N–H and O–H groups in total. The van der Waals surface area contributed by atoms with Crippen LogP contribution in [0, 0.1) is 4.91 Å². The second-order valence-electron chi connectivity index (χ2n) is 4.09. The molecule has 0 bridgehead atoms. The highest BCUT2D eigenvalue weighted by atomic mass is 16.5. The lowest BCUT2D eigenvalue weighted by Crippen LogP contribution is -2.20. The maximum atomic E-state index is 10.7. The molecule has 0 saturated heterocycles. The van der Waals surface area contributed by atoms with Crippen molar-refractivity contribution in [2.24, 2.45) is 5.18 Å². The fourth-order valence-corrected chi connectivity index (χ4v) is 1.98. The minimum atomic E-state index is -0.0650. The standard InChI is InChI=1S/C10H15N5O2/c11-8-7(15-16)9(14-10(12)13-8)17-6-4-2-1-3-5-6/h6H,1-5H2,(H4,11,12,13,14). The summed E-state index contributed by atoms with van der Waals surface area (Å²) in [7, 11) is 0. The van der Waals surface area contributed by atoms with Crippen molar-refractivity contribution in [3.05, 3.63) is 4.91 Å². The van der Waals surface area contributed by atoms with Crippen LogP contribution in [0.4, 0.5) is 17.5 Å². The normalized spacial score (nSPS) is 16.7. The van der Waals surface area contributed by atoms with Gasteiger partial charge in [-0.15, -0.1) is 4.91 Å². The first-order valence-electron chi connectivity index (χ1n) is 5.63. The Morgan fingerprint density at radius 2 is 1.88 bits per heavy atom. The number of hydrogen-bond donors (Lipinski definition) is 2. The zero-order valence-electron chi connectivity index (χ0n) is 9.43. The fourth-order valence-electron chi connectivity index (χ4n) is 1.98. The lowest BCUT2D eigenvalue weighted by molar-refractivity contribution is 0.149. The van der Waals surface area contributed by atoms with E-state index < -0.39 is 0 Å². The van der Waals surface area contributed by atoms with Gasteiger partial charge in [0, 0.05) is 0 Å². The molecule has 0 atom stereocenters. The summed E-state index contributed by atoms with van der Waals surface area (Å²) >= 11 is 0. The van der Waals surface area contributed by atoms with Gasteiger partial charge >= 0.3 is 0 Å². The van der Waals surface area contributed by atoms with Gasteiger partial charge in [0.2, 0.25) is 11.6 Å². The molecule has 1 aliphatic rings. The Kier molecular flexibility index (Phi) is 3.36. The van der Waals surface area contributed by atoms with E-state index in [0.29, 0.717) is 0 Å². The molecule has 0 amide bonds. The van der Waals surface area contributed by atoms with Crippen LogP contribution in [0.2, 0.25) is 0 Å². The number of nitrogens with two attached hydrogens (primary N) is 2. The molecule has 1 saturated carbocycles. The summed E-state index contributed by atoms with van der Waals surface area (Å²) in [5, 5.41) is 2.80. The lowest BCUT2D eigenvalue weighted by atomic mass is 9.98. The number of anilines is 2. The van der Waals surface area contributed by atoms with Crippen molar-refractivity contribution >= 4 is 17.5 Å². The molecule has 0 aromatic carbocycles. The molecule has 2 rings (SSSR count). The number of nitroso groups, excluding NO2 is 1. The zero-order chi connectivity index (χ0) is 12.3. The maximum Gasteiger partial charge on any atom is 0.251 e. The number of aromatic nitrogens is 2. The summed E-state index contributed by atoms with van der Waals surface area (Å²) in [6.07, 6.45) is 5.39. The quantitative estimate of drug-likeness (QED) is 0.773. The summed E-state index contributed by atoms with van der Waals surface area (Å²) in [4.78, 5) is 18.2.